The van der Waals surface area contributed by atoms with E-state index in [4.69, 9.17) is 28.2 Å². The third-order valence-electron chi connectivity index (χ3n) is 8.17. The second-order valence-electron chi connectivity index (χ2n) is 11.5. The van der Waals surface area contributed by atoms with Crippen LogP contribution >= 0.6 is 23.8 Å². The van der Waals surface area contributed by atoms with E-state index in [0.717, 1.165) is 41.3 Å². The van der Waals surface area contributed by atoms with Crippen molar-refractivity contribution in [1.82, 2.24) is 10.3 Å². The number of pyridine rings is 1. The molecule has 0 amide bonds. The summed E-state index contributed by atoms with van der Waals surface area (Å²) in [5.74, 6) is 1.62. The van der Waals surface area contributed by atoms with Crippen LogP contribution in [0.2, 0.25) is 5.02 Å². The Hall–Kier alpha value is -3.88. The molecule has 0 aliphatic carbocycles. The first kappa shape index (κ1) is 28.2. The van der Waals surface area contributed by atoms with Gasteiger partial charge in [0.1, 0.15) is 17.6 Å². The second kappa shape index (κ2) is 11.4. The van der Waals surface area contributed by atoms with Crippen molar-refractivity contribution in [3.05, 3.63) is 101 Å². The third-order valence-corrected chi connectivity index (χ3v) is 8.79. The number of thiocarbonyl (C=S) groups is 1. The maximum atomic E-state index is 11.4. The average molecular weight is 601 g/mol. The van der Waals surface area contributed by atoms with Crippen LogP contribution < -0.4 is 15.1 Å². The first-order valence-electron chi connectivity index (χ1n) is 14.2. The van der Waals surface area contributed by atoms with Gasteiger partial charge in [0, 0.05) is 30.5 Å². The normalized spacial score (nSPS) is 22.3. The Bertz CT molecular complexity index is 1630. The molecule has 4 atom stereocenters. The molecular formula is C33H33ClN4O3S. The summed E-state index contributed by atoms with van der Waals surface area (Å²) in [5.41, 5.74) is 4.63. The molecule has 0 unspecified atom stereocenters. The molecule has 0 bridgehead atoms. The van der Waals surface area contributed by atoms with E-state index in [2.05, 4.69) is 46.1 Å². The topological polar surface area (TPSA) is 81.8 Å². The zero-order chi connectivity index (χ0) is 29.5. The predicted octanol–water partition coefficient (Wildman–Crippen LogP) is 7.66. The molecular weight excluding hydrogens is 568 g/mol. The van der Waals surface area contributed by atoms with Crippen LogP contribution in [0.25, 0.3) is 11.3 Å². The first-order valence-corrected chi connectivity index (χ1v) is 15.0. The van der Waals surface area contributed by atoms with Gasteiger partial charge in [-0.05, 0) is 97.6 Å². The summed E-state index contributed by atoms with van der Waals surface area (Å²) in [6.07, 6.45) is 3.00. The number of anilines is 2. The molecule has 216 valence electrons. The molecule has 42 heavy (non-hydrogen) atoms. The zero-order valence-corrected chi connectivity index (χ0v) is 25.3. The molecule has 6 rings (SSSR count). The number of furan rings is 1. The number of carbonyl (C=O) groups is 1. The van der Waals surface area contributed by atoms with E-state index in [1.54, 1.807) is 24.4 Å². The number of hydrogen-bond donors (Lipinski definition) is 2. The van der Waals surface area contributed by atoms with Gasteiger partial charge >= 0.3 is 5.97 Å². The lowest BCUT2D eigenvalue weighted by Crippen LogP contribution is -2.38. The lowest BCUT2D eigenvalue weighted by Gasteiger charge is -2.37. The fraction of sp³-hybridized carbons (Fsp3) is 0.303. The van der Waals surface area contributed by atoms with E-state index in [-0.39, 0.29) is 17.6 Å². The fourth-order valence-corrected chi connectivity index (χ4v) is 7.05. The van der Waals surface area contributed by atoms with Crippen molar-refractivity contribution in [1.29, 1.82) is 0 Å². The number of hydrogen-bond acceptors (Lipinski definition) is 5. The Morgan fingerprint density at radius 2 is 1.86 bits per heavy atom. The highest BCUT2D eigenvalue weighted by Gasteiger charge is 2.43. The Labute approximate surface area is 256 Å². The molecule has 7 nitrogen and oxygen atoms in total. The fourth-order valence-electron chi connectivity index (χ4n) is 6.41. The van der Waals surface area contributed by atoms with Gasteiger partial charge in [-0.3, -0.25) is 4.98 Å². The molecule has 9 heteroatoms. The van der Waals surface area contributed by atoms with Crippen molar-refractivity contribution >= 4 is 46.3 Å². The highest BCUT2D eigenvalue weighted by Crippen LogP contribution is 2.45. The van der Waals surface area contributed by atoms with Gasteiger partial charge in [-0.1, -0.05) is 37.6 Å². The van der Waals surface area contributed by atoms with Gasteiger partial charge in [0.2, 0.25) is 0 Å². The Balaban J connectivity index is 1.38. The molecule has 0 radical (unpaired) electrons. The van der Waals surface area contributed by atoms with Crippen LogP contribution in [-0.4, -0.2) is 34.3 Å². The molecule has 0 spiro atoms. The molecule has 0 saturated carbocycles. The van der Waals surface area contributed by atoms with Crippen molar-refractivity contribution in [2.45, 2.75) is 39.3 Å². The number of rotatable bonds is 6. The predicted molar refractivity (Wildman–Crippen MR) is 170 cm³/mol. The SMILES string of the molecule is Cc1cc(C(=O)O)ccc1-c1ccc([C@H]2[C@H](c3ccccn3)NC(=S)N2c2ccc(N3C[C@H](C)C[C@H](C)C3)c(Cl)c2)o1. The van der Waals surface area contributed by atoms with Gasteiger partial charge in [0.15, 0.2) is 5.11 Å². The van der Waals surface area contributed by atoms with Crippen molar-refractivity contribution < 1.29 is 14.3 Å². The summed E-state index contributed by atoms with van der Waals surface area (Å²) in [6.45, 7) is 8.44. The highest BCUT2D eigenvalue weighted by molar-refractivity contribution is 7.80. The van der Waals surface area contributed by atoms with E-state index in [9.17, 15) is 9.90 Å². The smallest absolute Gasteiger partial charge is 0.335 e. The lowest BCUT2D eigenvalue weighted by molar-refractivity contribution is 0.0696. The molecule has 2 N–H and O–H groups in total. The minimum Gasteiger partial charge on any atom is -0.478 e. The number of carboxylic acid groups (broad SMARTS) is 1. The van der Waals surface area contributed by atoms with Crippen LogP contribution in [0.3, 0.4) is 0 Å². The largest absolute Gasteiger partial charge is 0.478 e. The minimum absolute atomic E-state index is 0.239. The van der Waals surface area contributed by atoms with Gasteiger partial charge in [-0.25, -0.2) is 4.79 Å². The van der Waals surface area contributed by atoms with Crippen LogP contribution in [0.15, 0.2) is 77.3 Å². The number of benzene rings is 2. The molecule has 2 aliphatic heterocycles. The van der Waals surface area contributed by atoms with Crippen molar-refractivity contribution in [2.75, 3.05) is 22.9 Å². The van der Waals surface area contributed by atoms with E-state index < -0.39 is 5.97 Å². The zero-order valence-electron chi connectivity index (χ0n) is 23.8. The number of aromatic nitrogens is 1. The summed E-state index contributed by atoms with van der Waals surface area (Å²) in [7, 11) is 0. The van der Waals surface area contributed by atoms with Crippen molar-refractivity contribution in [3.63, 3.8) is 0 Å². The Kier molecular flexibility index (Phi) is 7.68. The van der Waals surface area contributed by atoms with Gasteiger partial charge in [0.25, 0.3) is 0 Å². The summed E-state index contributed by atoms with van der Waals surface area (Å²) in [5, 5.41) is 14.1. The lowest BCUT2D eigenvalue weighted by atomic mass is 9.91. The van der Waals surface area contributed by atoms with E-state index in [1.165, 1.54) is 6.42 Å². The molecule has 2 saturated heterocycles. The van der Waals surface area contributed by atoms with Gasteiger partial charge in [0.05, 0.1) is 28.0 Å². The second-order valence-corrected chi connectivity index (χ2v) is 12.3. The monoisotopic (exact) mass is 600 g/mol. The van der Waals surface area contributed by atoms with Crippen molar-refractivity contribution in [3.8, 4) is 11.3 Å². The number of halogens is 1. The van der Waals surface area contributed by atoms with E-state index in [1.807, 2.05) is 43.3 Å². The molecule has 4 heterocycles. The van der Waals surface area contributed by atoms with E-state index in [0.29, 0.717) is 33.5 Å². The summed E-state index contributed by atoms with van der Waals surface area (Å²) < 4.78 is 6.50. The highest BCUT2D eigenvalue weighted by atomic mass is 35.5. The maximum Gasteiger partial charge on any atom is 0.335 e. The molecule has 2 fully saturated rings. The van der Waals surface area contributed by atoms with Gasteiger partial charge in [-0.2, -0.15) is 0 Å². The number of aromatic carboxylic acids is 1. The van der Waals surface area contributed by atoms with Crippen molar-refractivity contribution in [2.24, 2.45) is 11.8 Å². The summed E-state index contributed by atoms with van der Waals surface area (Å²) in [6, 6.07) is 20.3. The van der Waals surface area contributed by atoms with E-state index >= 15 is 0 Å². The van der Waals surface area contributed by atoms with Crippen LogP contribution in [0.5, 0.6) is 0 Å². The molecule has 2 aliphatic rings. The summed E-state index contributed by atoms with van der Waals surface area (Å²) >= 11 is 12.9. The first-order chi connectivity index (χ1) is 20.2. The minimum atomic E-state index is -0.960. The number of carboxylic acids is 1. The maximum absolute atomic E-state index is 11.4. The van der Waals surface area contributed by atoms with Gasteiger partial charge in [-0.15, -0.1) is 0 Å². The van der Waals surface area contributed by atoms with Crippen LogP contribution in [0.4, 0.5) is 11.4 Å². The third kappa shape index (κ3) is 5.37. The number of nitrogens with zero attached hydrogens (tertiary/aromatic N) is 3. The summed E-state index contributed by atoms with van der Waals surface area (Å²) in [4.78, 5) is 20.5. The Morgan fingerprint density at radius 1 is 1.07 bits per heavy atom. The van der Waals surface area contributed by atoms with Crippen LogP contribution in [-0.2, 0) is 0 Å². The number of nitrogens with one attached hydrogen (secondary N) is 1. The van der Waals surface area contributed by atoms with Crippen LogP contribution in [0, 0.1) is 18.8 Å². The standard InChI is InChI=1S/C33H33ClN4O3S/c1-19-14-20(2)18-37(17-19)27-10-8-23(16-25(27)34)38-31(30(36-33(38)42)26-6-4-5-13-35-26)29-12-11-28(41-29)24-9-7-22(32(39)40)15-21(24)3/h4-13,15-16,19-20,30-31H,14,17-18H2,1-3H3,(H,36,42)(H,39,40)/t19-,20+,30-,31-/m0/s1. The van der Waals surface area contributed by atoms with Gasteiger partial charge < -0.3 is 24.6 Å². The number of aryl methyl sites for hydroxylation is 1. The molecule has 2 aromatic carbocycles. The quantitative estimate of drug-likeness (QED) is 0.218. The Morgan fingerprint density at radius 3 is 2.52 bits per heavy atom. The molecule has 4 aromatic rings. The number of piperidine rings is 1. The average Bonchev–Trinajstić information content (AvgIpc) is 3.57. The molecule has 2 aromatic heterocycles. The van der Waals surface area contributed by atoms with Crippen LogP contribution in [0.1, 0.15) is 59.7 Å².